The molecule has 1 aliphatic heterocycles. The zero-order valence-corrected chi connectivity index (χ0v) is 6.72. The average Bonchev–Trinajstić information content (AvgIpc) is 1.83. The molecule has 0 bridgehead atoms. The number of rotatable bonds is 0. The number of hydrogen-bond acceptors (Lipinski definition) is 1. The Balaban J connectivity index is 2.85. The average molecular weight is 139 g/mol. The van der Waals surface area contributed by atoms with Crippen molar-refractivity contribution in [1.29, 1.82) is 0 Å². The highest BCUT2D eigenvalue weighted by atomic mass is 16.2. The summed E-state index contributed by atoms with van der Waals surface area (Å²) in [5, 5.41) is 0. The fraction of sp³-hybridized carbons (Fsp3) is 0.625. The van der Waals surface area contributed by atoms with Crippen LogP contribution in [0, 0.1) is 5.41 Å². The van der Waals surface area contributed by atoms with Crippen LogP contribution in [0.2, 0.25) is 0 Å². The van der Waals surface area contributed by atoms with Crippen LogP contribution in [0.3, 0.4) is 0 Å². The minimum absolute atomic E-state index is 0.191. The third kappa shape index (κ3) is 1.06. The molecule has 0 aromatic carbocycles. The maximum atomic E-state index is 11.3. The minimum Gasteiger partial charge on any atom is -0.322 e. The van der Waals surface area contributed by atoms with Gasteiger partial charge in [0.25, 0.3) is 0 Å². The molecule has 2 heteroatoms. The molecule has 1 rings (SSSR count). The second-order valence-corrected chi connectivity index (χ2v) is 3.39. The van der Waals surface area contributed by atoms with Crippen molar-refractivity contribution in [2.75, 3.05) is 7.05 Å². The summed E-state index contributed by atoms with van der Waals surface area (Å²) < 4.78 is 0. The lowest BCUT2D eigenvalue weighted by atomic mass is 9.86. The van der Waals surface area contributed by atoms with Gasteiger partial charge < -0.3 is 4.90 Å². The zero-order chi connectivity index (χ0) is 7.78. The lowest BCUT2D eigenvalue weighted by Gasteiger charge is -2.29. The van der Waals surface area contributed by atoms with Gasteiger partial charge in [0.15, 0.2) is 0 Å². The standard InChI is InChI=1S/C8H13NO/c1-8(2)5-4-6-9(3)7(8)10/h4,6H,5H2,1-3H3. The van der Waals surface area contributed by atoms with Gasteiger partial charge in [-0.05, 0) is 6.42 Å². The molecule has 0 unspecified atom stereocenters. The summed E-state index contributed by atoms with van der Waals surface area (Å²) >= 11 is 0. The summed E-state index contributed by atoms with van der Waals surface area (Å²) in [6.07, 6.45) is 4.71. The Bertz CT molecular complexity index is 182. The van der Waals surface area contributed by atoms with Crippen molar-refractivity contribution in [3.63, 3.8) is 0 Å². The van der Waals surface area contributed by atoms with Crippen LogP contribution in [0.15, 0.2) is 12.3 Å². The molecular formula is C8H13NO. The highest BCUT2D eigenvalue weighted by Crippen LogP contribution is 2.26. The first-order valence-corrected chi connectivity index (χ1v) is 3.48. The Labute approximate surface area is 61.5 Å². The molecule has 0 fully saturated rings. The molecule has 1 aliphatic rings. The van der Waals surface area contributed by atoms with Crippen molar-refractivity contribution in [1.82, 2.24) is 4.90 Å². The second-order valence-electron chi connectivity index (χ2n) is 3.39. The van der Waals surface area contributed by atoms with E-state index in [1.165, 1.54) is 0 Å². The quantitative estimate of drug-likeness (QED) is 0.496. The van der Waals surface area contributed by atoms with Gasteiger partial charge in [-0.2, -0.15) is 0 Å². The van der Waals surface area contributed by atoms with E-state index in [0.29, 0.717) is 0 Å². The van der Waals surface area contributed by atoms with Crippen LogP contribution >= 0.6 is 0 Å². The number of amides is 1. The van der Waals surface area contributed by atoms with E-state index in [0.717, 1.165) is 6.42 Å². The van der Waals surface area contributed by atoms with Gasteiger partial charge in [-0.1, -0.05) is 19.9 Å². The molecule has 56 valence electrons. The summed E-state index contributed by atoms with van der Waals surface area (Å²) in [6, 6.07) is 0. The summed E-state index contributed by atoms with van der Waals surface area (Å²) in [4.78, 5) is 13.0. The fourth-order valence-corrected chi connectivity index (χ4v) is 1.14. The lowest BCUT2D eigenvalue weighted by Crippen LogP contribution is -2.37. The zero-order valence-electron chi connectivity index (χ0n) is 6.72. The molecule has 1 heterocycles. The van der Waals surface area contributed by atoms with Gasteiger partial charge in [-0.3, -0.25) is 4.79 Å². The van der Waals surface area contributed by atoms with Crippen molar-refractivity contribution >= 4 is 5.91 Å². The summed E-state index contributed by atoms with van der Waals surface area (Å²) in [5.74, 6) is 0.204. The van der Waals surface area contributed by atoms with Gasteiger partial charge in [0.1, 0.15) is 0 Å². The van der Waals surface area contributed by atoms with E-state index < -0.39 is 0 Å². The van der Waals surface area contributed by atoms with E-state index in [2.05, 4.69) is 0 Å². The molecule has 0 N–H and O–H groups in total. The molecule has 0 aromatic rings. The molecule has 0 atom stereocenters. The molecule has 0 aromatic heterocycles. The Morgan fingerprint density at radius 3 is 2.60 bits per heavy atom. The number of nitrogens with zero attached hydrogens (tertiary/aromatic N) is 1. The summed E-state index contributed by atoms with van der Waals surface area (Å²) in [7, 11) is 1.79. The summed E-state index contributed by atoms with van der Waals surface area (Å²) in [6.45, 7) is 3.94. The highest BCUT2D eigenvalue weighted by Gasteiger charge is 2.30. The van der Waals surface area contributed by atoms with Crippen LogP contribution in [-0.2, 0) is 4.79 Å². The first-order chi connectivity index (χ1) is 4.54. The molecular weight excluding hydrogens is 126 g/mol. The predicted octanol–water partition coefficient (Wildman–Crippen LogP) is 1.39. The number of carbonyl (C=O) groups is 1. The van der Waals surface area contributed by atoms with Crippen molar-refractivity contribution in [3.05, 3.63) is 12.3 Å². The number of hydrogen-bond donors (Lipinski definition) is 0. The van der Waals surface area contributed by atoms with E-state index in [1.54, 1.807) is 11.9 Å². The Morgan fingerprint density at radius 1 is 1.60 bits per heavy atom. The molecule has 10 heavy (non-hydrogen) atoms. The van der Waals surface area contributed by atoms with E-state index in [1.807, 2.05) is 26.1 Å². The third-order valence-corrected chi connectivity index (χ3v) is 1.86. The maximum Gasteiger partial charge on any atom is 0.232 e. The number of carbonyl (C=O) groups excluding carboxylic acids is 1. The van der Waals surface area contributed by atoms with Crippen LogP contribution in [-0.4, -0.2) is 17.9 Å². The van der Waals surface area contributed by atoms with Crippen LogP contribution in [0.5, 0.6) is 0 Å². The van der Waals surface area contributed by atoms with E-state index in [-0.39, 0.29) is 11.3 Å². The molecule has 0 radical (unpaired) electrons. The van der Waals surface area contributed by atoms with Crippen LogP contribution in [0.1, 0.15) is 20.3 Å². The van der Waals surface area contributed by atoms with Crippen molar-refractivity contribution in [2.24, 2.45) is 5.41 Å². The Hall–Kier alpha value is -0.790. The Morgan fingerprint density at radius 2 is 2.20 bits per heavy atom. The van der Waals surface area contributed by atoms with Crippen molar-refractivity contribution in [3.8, 4) is 0 Å². The minimum atomic E-state index is -0.191. The van der Waals surface area contributed by atoms with Crippen LogP contribution in [0.4, 0.5) is 0 Å². The van der Waals surface area contributed by atoms with Gasteiger partial charge in [0.05, 0.1) is 0 Å². The SMILES string of the molecule is CN1C=CCC(C)(C)C1=O. The van der Waals surface area contributed by atoms with E-state index in [4.69, 9.17) is 0 Å². The van der Waals surface area contributed by atoms with Crippen molar-refractivity contribution < 1.29 is 4.79 Å². The molecule has 2 nitrogen and oxygen atoms in total. The van der Waals surface area contributed by atoms with Crippen LogP contribution < -0.4 is 0 Å². The van der Waals surface area contributed by atoms with Gasteiger partial charge in [-0.25, -0.2) is 0 Å². The monoisotopic (exact) mass is 139 g/mol. The second kappa shape index (κ2) is 2.11. The van der Waals surface area contributed by atoms with Crippen molar-refractivity contribution in [2.45, 2.75) is 20.3 Å². The van der Waals surface area contributed by atoms with E-state index in [9.17, 15) is 4.79 Å². The molecule has 0 aliphatic carbocycles. The maximum absolute atomic E-state index is 11.3. The van der Waals surface area contributed by atoms with Gasteiger partial charge >= 0.3 is 0 Å². The molecule has 0 saturated heterocycles. The van der Waals surface area contributed by atoms with Gasteiger partial charge in [0, 0.05) is 18.7 Å². The fourth-order valence-electron chi connectivity index (χ4n) is 1.14. The topological polar surface area (TPSA) is 20.3 Å². The number of allylic oxidation sites excluding steroid dienone is 1. The molecule has 0 spiro atoms. The van der Waals surface area contributed by atoms with E-state index >= 15 is 0 Å². The molecule has 0 saturated carbocycles. The Kier molecular flexibility index (Phi) is 1.55. The normalized spacial score (nSPS) is 23.5. The lowest BCUT2D eigenvalue weighted by molar-refractivity contribution is -0.137. The van der Waals surface area contributed by atoms with Crippen LogP contribution in [0.25, 0.3) is 0 Å². The summed E-state index contributed by atoms with van der Waals surface area (Å²) in [5.41, 5.74) is -0.191. The molecule has 1 amide bonds. The first kappa shape index (κ1) is 7.32. The highest BCUT2D eigenvalue weighted by molar-refractivity contribution is 5.83. The first-order valence-electron chi connectivity index (χ1n) is 3.48. The largest absolute Gasteiger partial charge is 0.322 e. The van der Waals surface area contributed by atoms with Gasteiger partial charge in [-0.15, -0.1) is 0 Å². The smallest absolute Gasteiger partial charge is 0.232 e. The third-order valence-electron chi connectivity index (χ3n) is 1.86. The van der Waals surface area contributed by atoms with Gasteiger partial charge in [0.2, 0.25) is 5.91 Å². The predicted molar refractivity (Wildman–Crippen MR) is 40.3 cm³/mol.